The number of carbonyl (C=O) groups excluding carboxylic acids is 1. The van der Waals surface area contributed by atoms with Crippen molar-refractivity contribution in [1.82, 2.24) is 10.1 Å². The number of nitrogens with zero attached hydrogens (tertiary/aromatic N) is 2. The van der Waals surface area contributed by atoms with Crippen molar-refractivity contribution >= 4 is 17.8 Å². The minimum Gasteiger partial charge on any atom is -0.477 e. The molecule has 2 N–H and O–H groups in total. The lowest BCUT2D eigenvalue weighted by Crippen LogP contribution is -2.14. The van der Waals surface area contributed by atoms with Gasteiger partial charge in [0.25, 0.3) is 5.91 Å². The average Bonchev–Trinajstić information content (AvgIpc) is 2.99. The quantitative estimate of drug-likeness (QED) is 0.764. The molecule has 3 aromatic rings. The molecule has 2 heterocycles. The van der Waals surface area contributed by atoms with Crippen molar-refractivity contribution in [3.8, 4) is 11.3 Å². The molecule has 0 spiro atoms. The fourth-order valence-electron chi connectivity index (χ4n) is 2.24. The Labute approximate surface area is 136 Å². The Hall–Kier alpha value is -3.48. The normalized spacial score (nSPS) is 10.4. The van der Waals surface area contributed by atoms with Gasteiger partial charge in [-0.05, 0) is 31.2 Å². The molecule has 0 aliphatic carbocycles. The van der Waals surface area contributed by atoms with E-state index in [1.165, 1.54) is 12.4 Å². The number of hydrogen-bond acceptors (Lipinski definition) is 5. The van der Waals surface area contributed by atoms with E-state index in [0.29, 0.717) is 11.1 Å². The van der Waals surface area contributed by atoms with E-state index in [4.69, 9.17) is 4.52 Å². The van der Waals surface area contributed by atoms with Gasteiger partial charge in [0.1, 0.15) is 5.69 Å². The third-order valence-electron chi connectivity index (χ3n) is 3.37. The molecule has 120 valence electrons. The Bertz CT molecular complexity index is 903. The van der Waals surface area contributed by atoms with Gasteiger partial charge in [-0.25, -0.2) is 4.79 Å². The SMILES string of the molecule is Cc1cccc(C(=O)Nc2onc(-c3ccncc3)c2C(=O)O)c1. The summed E-state index contributed by atoms with van der Waals surface area (Å²) in [5.41, 5.74) is 1.76. The lowest BCUT2D eigenvalue weighted by Gasteiger charge is -2.04. The predicted molar refractivity (Wildman–Crippen MR) is 85.8 cm³/mol. The molecule has 0 saturated carbocycles. The van der Waals surface area contributed by atoms with Crippen LogP contribution in [0.25, 0.3) is 11.3 Å². The van der Waals surface area contributed by atoms with Crippen LogP contribution >= 0.6 is 0 Å². The van der Waals surface area contributed by atoms with Gasteiger partial charge in [-0.2, -0.15) is 0 Å². The molecule has 1 amide bonds. The molecule has 0 bridgehead atoms. The van der Waals surface area contributed by atoms with Gasteiger partial charge in [-0.3, -0.25) is 15.1 Å². The predicted octanol–water partition coefficient (Wildman–Crippen LogP) is 3.00. The van der Waals surface area contributed by atoms with Crippen molar-refractivity contribution in [3.63, 3.8) is 0 Å². The second-order valence-electron chi connectivity index (χ2n) is 5.10. The molecule has 24 heavy (non-hydrogen) atoms. The second-order valence-corrected chi connectivity index (χ2v) is 5.10. The van der Waals surface area contributed by atoms with Crippen LogP contribution in [0.15, 0.2) is 53.3 Å². The van der Waals surface area contributed by atoms with Crippen molar-refractivity contribution in [2.45, 2.75) is 6.92 Å². The lowest BCUT2D eigenvalue weighted by atomic mass is 10.1. The smallest absolute Gasteiger partial charge is 0.343 e. The number of carboxylic acids is 1. The van der Waals surface area contributed by atoms with Crippen LogP contribution in [-0.4, -0.2) is 27.1 Å². The Morgan fingerprint density at radius 2 is 1.92 bits per heavy atom. The first-order chi connectivity index (χ1) is 11.6. The van der Waals surface area contributed by atoms with Gasteiger partial charge < -0.3 is 9.63 Å². The van der Waals surface area contributed by atoms with E-state index < -0.39 is 11.9 Å². The monoisotopic (exact) mass is 323 g/mol. The van der Waals surface area contributed by atoms with Crippen LogP contribution in [0, 0.1) is 6.92 Å². The van der Waals surface area contributed by atoms with Gasteiger partial charge in [-0.1, -0.05) is 22.9 Å². The molecule has 0 fully saturated rings. The van der Waals surface area contributed by atoms with Gasteiger partial charge in [-0.15, -0.1) is 0 Å². The van der Waals surface area contributed by atoms with Gasteiger partial charge in [0.2, 0.25) is 5.88 Å². The summed E-state index contributed by atoms with van der Waals surface area (Å²) >= 11 is 0. The molecular weight excluding hydrogens is 310 g/mol. The number of amides is 1. The molecule has 0 atom stereocenters. The number of hydrogen-bond donors (Lipinski definition) is 2. The standard InChI is InChI=1S/C17H13N3O4/c1-10-3-2-4-12(9-10)15(21)19-16-13(17(22)23)14(20-24-16)11-5-7-18-8-6-11/h2-9H,1H3,(H,19,21)(H,22,23). The maximum absolute atomic E-state index is 12.3. The van der Waals surface area contributed by atoms with Crippen molar-refractivity contribution in [3.05, 3.63) is 65.5 Å². The van der Waals surface area contributed by atoms with Crippen molar-refractivity contribution < 1.29 is 19.2 Å². The number of nitrogens with one attached hydrogen (secondary N) is 1. The maximum Gasteiger partial charge on any atom is 0.343 e. The topological polar surface area (TPSA) is 105 Å². The summed E-state index contributed by atoms with van der Waals surface area (Å²) in [5, 5.41) is 15.7. The Morgan fingerprint density at radius 1 is 1.17 bits per heavy atom. The zero-order chi connectivity index (χ0) is 17.1. The molecule has 0 unspecified atom stereocenters. The zero-order valence-corrected chi connectivity index (χ0v) is 12.7. The molecule has 0 aliphatic rings. The summed E-state index contributed by atoms with van der Waals surface area (Å²) < 4.78 is 5.05. The molecule has 7 heteroatoms. The molecule has 3 rings (SSSR count). The average molecular weight is 323 g/mol. The van der Waals surface area contributed by atoms with Crippen molar-refractivity contribution in [2.24, 2.45) is 0 Å². The van der Waals surface area contributed by atoms with Crippen LogP contribution < -0.4 is 5.32 Å². The number of carbonyl (C=O) groups is 2. The summed E-state index contributed by atoms with van der Waals surface area (Å²) in [6.45, 7) is 1.86. The number of aryl methyl sites for hydroxylation is 1. The van der Waals surface area contributed by atoms with Crippen LogP contribution in [0.4, 0.5) is 5.88 Å². The summed E-state index contributed by atoms with van der Waals surface area (Å²) in [5.74, 6) is -1.93. The molecule has 7 nitrogen and oxygen atoms in total. The van der Waals surface area contributed by atoms with Crippen LogP contribution in [0.3, 0.4) is 0 Å². The molecule has 1 aromatic carbocycles. The minimum atomic E-state index is -1.25. The third kappa shape index (κ3) is 3.00. The molecule has 2 aromatic heterocycles. The van der Waals surface area contributed by atoms with Gasteiger partial charge >= 0.3 is 5.97 Å². The number of rotatable bonds is 4. The first-order valence-corrected chi connectivity index (χ1v) is 7.07. The maximum atomic E-state index is 12.3. The van der Waals surface area contributed by atoms with E-state index >= 15 is 0 Å². The molecular formula is C17H13N3O4. The highest BCUT2D eigenvalue weighted by Crippen LogP contribution is 2.28. The van der Waals surface area contributed by atoms with Crippen LogP contribution in [0.5, 0.6) is 0 Å². The summed E-state index contributed by atoms with van der Waals surface area (Å²) in [6, 6.07) is 10.1. The van der Waals surface area contributed by atoms with Gasteiger partial charge in [0.05, 0.1) is 0 Å². The van der Waals surface area contributed by atoms with E-state index in [1.807, 2.05) is 13.0 Å². The number of aromatic nitrogens is 2. The Kier molecular flexibility index (Phi) is 4.07. The summed E-state index contributed by atoms with van der Waals surface area (Å²) in [7, 11) is 0. The fourth-order valence-corrected chi connectivity index (χ4v) is 2.24. The van der Waals surface area contributed by atoms with E-state index in [0.717, 1.165) is 5.56 Å². The van der Waals surface area contributed by atoms with Gasteiger partial charge in [0.15, 0.2) is 5.56 Å². The highest BCUT2D eigenvalue weighted by Gasteiger charge is 2.25. The highest BCUT2D eigenvalue weighted by molar-refractivity contribution is 6.08. The molecule has 0 aliphatic heterocycles. The molecule has 0 saturated heterocycles. The number of aromatic carboxylic acids is 1. The molecule has 0 radical (unpaired) electrons. The number of anilines is 1. The summed E-state index contributed by atoms with van der Waals surface area (Å²) in [6.07, 6.45) is 3.03. The van der Waals surface area contributed by atoms with Crippen molar-refractivity contribution in [1.29, 1.82) is 0 Å². The van der Waals surface area contributed by atoms with E-state index in [2.05, 4.69) is 15.5 Å². The zero-order valence-electron chi connectivity index (χ0n) is 12.7. The fraction of sp³-hybridized carbons (Fsp3) is 0.0588. The van der Waals surface area contributed by atoms with Gasteiger partial charge in [0, 0.05) is 23.5 Å². The number of benzene rings is 1. The summed E-state index contributed by atoms with van der Waals surface area (Å²) in [4.78, 5) is 27.7. The third-order valence-corrected chi connectivity index (χ3v) is 3.37. The van der Waals surface area contributed by atoms with Crippen LogP contribution in [-0.2, 0) is 0 Å². The number of pyridine rings is 1. The first-order valence-electron chi connectivity index (χ1n) is 7.07. The van der Waals surface area contributed by atoms with E-state index in [9.17, 15) is 14.7 Å². The van der Waals surface area contributed by atoms with Crippen LogP contribution in [0.2, 0.25) is 0 Å². The largest absolute Gasteiger partial charge is 0.477 e. The Balaban J connectivity index is 1.96. The lowest BCUT2D eigenvalue weighted by molar-refractivity contribution is 0.0698. The van der Waals surface area contributed by atoms with Crippen molar-refractivity contribution in [2.75, 3.05) is 5.32 Å². The Morgan fingerprint density at radius 3 is 2.58 bits per heavy atom. The first kappa shape index (κ1) is 15.4. The van der Waals surface area contributed by atoms with E-state index in [1.54, 1.807) is 30.3 Å². The van der Waals surface area contributed by atoms with Crippen LogP contribution in [0.1, 0.15) is 26.3 Å². The second kappa shape index (κ2) is 6.33. The number of carboxylic acid groups (broad SMARTS) is 1. The minimum absolute atomic E-state index is 0.129. The van der Waals surface area contributed by atoms with E-state index in [-0.39, 0.29) is 17.1 Å². The highest BCUT2D eigenvalue weighted by atomic mass is 16.5.